The lowest BCUT2D eigenvalue weighted by atomic mass is 9.99. The van der Waals surface area contributed by atoms with E-state index in [0.717, 1.165) is 42.7 Å². The predicted molar refractivity (Wildman–Crippen MR) is 114 cm³/mol. The molecule has 1 aliphatic rings. The lowest BCUT2D eigenvalue weighted by Gasteiger charge is -2.30. The number of carbonyl (C=O) groups excluding carboxylic acids is 1. The molecule has 0 spiro atoms. The van der Waals surface area contributed by atoms with E-state index in [1.54, 1.807) is 24.4 Å². The molecule has 7 heteroatoms. The molecule has 4 rings (SSSR count). The summed E-state index contributed by atoms with van der Waals surface area (Å²) in [6.45, 7) is 7.70. The summed E-state index contributed by atoms with van der Waals surface area (Å²) in [6.07, 6.45) is 3.62. The van der Waals surface area contributed by atoms with E-state index in [4.69, 9.17) is 0 Å². The summed E-state index contributed by atoms with van der Waals surface area (Å²) in [5, 5.41) is 5.55. The van der Waals surface area contributed by atoms with Crippen molar-refractivity contribution in [1.82, 2.24) is 19.2 Å². The Bertz CT molecular complexity index is 1160. The largest absolute Gasteiger partial charge is 0.343 e. The molecule has 0 unspecified atom stereocenters. The molecule has 1 amide bonds. The molecule has 3 aromatic rings. The van der Waals surface area contributed by atoms with Gasteiger partial charge >= 0.3 is 0 Å². The first kappa shape index (κ1) is 20.3. The van der Waals surface area contributed by atoms with Crippen molar-refractivity contribution in [3.8, 4) is 0 Å². The van der Waals surface area contributed by atoms with Crippen LogP contribution in [-0.2, 0) is 17.9 Å². The fourth-order valence-corrected chi connectivity index (χ4v) is 4.28. The Balaban J connectivity index is 1.66. The van der Waals surface area contributed by atoms with Crippen molar-refractivity contribution in [3.05, 3.63) is 63.6 Å². The molecular weight excluding hydrogens is 383 g/mol. The smallest absolute Gasteiger partial charge is 0.276 e. The van der Waals surface area contributed by atoms with Crippen LogP contribution < -0.4 is 5.56 Å². The second-order valence-corrected chi connectivity index (χ2v) is 8.31. The van der Waals surface area contributed by atoms with Crippen molar-refractivity contribution >= 4 is 16.7 Å². The molecular formula is C23H27FN4O2. The van der Waals surface area contributed by atoms with Gasteiger partial charge in [-0.25, -0.2) is 9.07 Å². The van der Waals surface area contributed by atoms with Crippen LogP contribution in [0.2, 0.25) is 0 Å². The van der Waals surface area contributed by atoms with Crippen LogP contribution in [0.1, 0.15) is 36.7 Å². The van der Waals surface area contributed by atoms with Gasteiger partial charge in [-0.3, -0.25) is 9.59 Å². The van der Waals surface area contributed by atoms with Crippen LogP contribution in [0.4, 0.5) is 4.39 Å². The van der Waals surface area contributed by atoms with Crippen molar-refractivity contribution in [1.29, 1.82) is 0 Å². The van der Waals surface area contributed by atoms with Crippen molar-refractivity contribution in [2.45, 2.75) is 46.7 Å². The number of hydrogen-bond acceptors (Lipinski definition) is 3. The van der Waals surface area contributed by atoms with Crippen LogP contribution in [0.25, 0.3) is 10.8 Å². The molecule has 158 valence electrons. The van der Waals surface area contributed by atoms with Gasteiger partial charge in [-0.15, -0.1) is 0 Å². The van der Waals surface area contributed by atoms with Crippen molar-refractivity contribution in [3.63, 3.8) is 0 Å². The molecule has 1 aliphatic heterocycles. The number of carbonyl (C=O) groups is 1. The van der Waals surface area contributed by atoms with E-state index in [1.165, 1.54) is 10.7 Å². The predicted octanol–water partition coefficient (Wildman–Crippen LogP) is 3.26. The molecule has 6 nitrogen and oxygen atoms in total. The van der Waals surface area contributed by atoms with Gasteiger partial charge in [0.25, 0.3) is 5.56 Å². The third kappa shape index (κ3) is 3.64. The third-order valence-corrected chi connectivity index (χ3v) is 6.31. The highest BCUT2D eigenvalue weighted by Crippen LogP contribution is 2.24. The zero-order valence-electron chi connectivity index (χ0n) is 17.7. The Hall–Kier alpha value is -2.96. The molecule has 3 heterocycles. The monoisotopic (exact) mass is 410 g/mol. The van der Waals surface area contributed by atoms with Gasteiger partial charge in [-0.2, -0.15) is 5.10 Å². The van der Waals surface area contributed by atoms with E-state index in [2.05, 4.69) is 12.0 Å². The SMILES string of the molecule is Cc1c2cnn(CC(=O)N3CCC(C)CC3)c(=O)c2c(C)n1Cc1ccccc1F. The quantitative estimate of drug-likeness (QED) is 0.663. The maximum absolute atomic E-state index is 14.1. The van der Waals surface area contributed by atoms with Crippen LogP contribution in [-0.4, -0.2) is 38.2 Å². The number of likely N-dealkylation sites (tertiary alicyclic amines) is 1. The Morgan fingerprint density at radius 2 is 1.87 bits per heavy atom. The first-order chi connectivity index (χ1) is 14.4. The summed E-state index contributed by atoms with van der Waals surface area (Å²) in [5.74, 6) is 0.285. The van der Waals surface area contributed by atoms with Gasteiger partial charge < -0.3 is 9.47 Å². The van der Waals surface area contributed by atoms with E-state index in [1.807, 2.05) is 23.3 Å². The molecule has 0 bridgehead atoms. The maximum atomic E-state index is 14.1. The van der Waals surface area contributed by atoms with E-state index in [0.29, 0.717) is 23.4 Å². The molecule has 0 atom stereocenters. The molecule has 1 saturated heterocycles. The lowest BCUT2D eigenvalue weighted by Crippen LogP contribution is -2.41. The lowest BCUT2D eigenvalue weighted by molar-refractivity contribution is -0.133. The van der Waals surface area contributed by atoms with Gasteiger partial charge in [-0.1, -0.05) is 25.1 Å². The fourth-order valence-electron chi connectivity index (χ4n) is 4.28. The number of amides is 1. The van der Waals surface area contributed by atoms with Crippen molar-refractivity contribution in [2.24, 2.45) is 5.92 Å². The van der Waals surface area contributed by atoms with Crippen molar-refractivity contribution in [2.75, 3.05) is 13.1 Å². The number of rotatable bonds is 4. The molecule has 0 aliphatic carbocycles. The second kappa shape index (κ2) is 8.05. The Morgan fingerprint density at radius 3 is 2.57 bits per heavy atom. The van der Waals surface area contributed by atoms with Crippen LogP contribution in [0, 0.1) is 25.6 Å². The molecule has 2 aromatic heterocycles. The Kier molecular flexibility index (Phi) is 5.45. The Labute approximate surface area is 174 Å². The normalized spacial score (nSPS) is 15.1. The summed E-state index contributed by atoms with van der Waals surface area (Å²) < 4.78 is 17.3. The fraction of sp³-hybridized carbons (Fsp3) is 0.435. The van der Waals surface area contributed by atoms with Gasteiger partial charge in [0.15, 0.2) is 0 Å². The van der Waals surface area contributed by atoms with Gasteiger partial charge in [-0.05, 0) is 38.7 Å². The first-order valence-corrected chi connectivity index (χ1v) is 10.4. The van der Waals surface area contributed by atoms with Crippen LogP contribution in [0.15, 0.2) is 35.3 Å². The minimum absolute atomic E-state index is 0.0554. The van der Waals surface area contributed by atoms with Gasteiger partial charge in [0.05, 0.1) is 18.1 Å². The maximum Gasteiger partial charge on any atom is 0.276 e. The average molecular weight is 410 g/mol. The number of hydrogen-bond donors (Lipinski definition) is 0. The number of benzene rings is 1. The van der Waals surface area contributed by atoms with Crippen molar-refractivity contribution < 1.29 is 9.18 Å². The highest BCUT2D eigenvalue weighted by atomic mass is 19.1. The van der Waals surface area contributed by atoms with Crippen LogP contribution in [0.5, 0.6) is 0 Å². The summed E-state index contributed by atoms with van der Waals surface area (Å²) in [6, 6.07) is 6.64. The number of aryl methyl sites for hydroxylation is 2. The molecule has 0 N–H and O–H groups in total. The summed E-state index contributed by atoms with van der Waals surface area (Å²) in [4.78, 5) is 27.6. The number of fused-ring (bicyclic) bond motifs is 1. The zero-order chi connectivity index (χ0) is 21.4. The van der Waals surface area contributed by atoms with Gasteiger partial charge in [0, 0.05) is 35.4 Å². The van der Waals surface area contributed by atoms with E-state index >= 15 is 0 Å². The standard InChI is InChI=1S/C23H27FN4O2/c1-15-8-10-26(11-9-15)21(29)14-28-23(30)22-17(3)27(16(2)19(22)12-25-28)13-18-6-4-5-7-20(18)24/h4-7,12,15H,8-11,13-14H2,1-3H3. The topological polar surface area (TPSA) is 60.1 Å². The highest BCUT2D eigenvalue weighted by Gasteiger charge is 2.22. The summed E-state index contributed by atoms with van der Waals surface area (Å²) in [7, 11) is 0. The summed E-state index contributed by atoms with van der Waals surface area (Å²) >= 11 is 0. The number of aromatic nitrogens is 3. The molecule has 30 heavy (non-hydrogen) atoms. The summed E-state index contributed by atoms with van der Waals surface area (Å²) in [5.41, 5.74) is 1.90. The minimum Gasteiger partial charge on any atom is -0.343 e. The van der Waals surface area contributed by atoms with Crippen LogP contribution >= 0.6 is 0 Å². The number of halogens is 1. The molecule has 1 fully saturated rings. The molecule has 0 radical (unpaired) electrons. The van der Waals surface area contributed by atoms with E-state index in [9.17, 15) is 14.0 Å². The van der Waals surface area contributed by atoms with E-state index in [-0.39, 0.29) is 23.8 Å². The highest BCUT2D eigenvalue weighted by molar-refractivity contribution is 5.87. The number of piperidine rings is 1. The molecule has 1 aromatic carbocycles. The third-order valence-electron chi connectivity index (χ3n) is 6.31. The second-order valence-electron chi connectivity index (χ2n) is 8.31. The van der Waals surface area contributed by atoms with Gasteiger partial charge in [0.2, 0.25) is 5.91 Å². The average Bonchev–Trinajstić information content (AvgIpc) is 2.97. The van der Waals surface area contributed by atoms with Crippen LogP contribution in [0.3, 0.4) is 0 Å². The van der Waals surface area contributed by atoms with Gasteiger partial charge in [0.1, 0.15) is 12.4 Å². The van der Waals surface area contributed by atoms with E-state index < -0.39 is 0 Å². The Morgan fingerprint density at radius 1 is 1.17 bits per heavy atom. The first-order valence-electron chi connectivity index (χ1n) is 10.4. The molecule has 0 saturated carbocycles. The minimum atomic E-state index is -0.279. The zero-order valence-corrected chi connectivity index (χ0v) is 17.7. The number of nitrogens with zero attached hydrogens (tertiary/aromatic N) is 4.